The Bertz CT molecular complexity index is 466. The molecule has 5 heteroatoms. The summed E-state index contributed by atoms with van der Waals surface area (Å²) in [4.78, 5) is 11.8. The van der Waals surface area contributed by atoms with Gasteiger partial charge < -0.3 is 14.2 Å². The highest BCUT2D eigenvalue weighted by Crippen LogP contribution is 2.30. The Balaban J connectivity index is 2.81. The lowest BCUT2D eigenvalue weighted by Crippen LogP contribution is -2.27. The average Bonchev–Trinajstić information content (AvgIpc) is 2.38. The maximum absolute atomic E-state index is 11.8. The number of anilines is 1. The van der Waals surface area contributed by atoms with E-state index in [1.54, 1.807) is 25.3 Å². The number of unbranched alkanes of at least 4 members (excludes halogenated alkanes) is 1. The zero-order valence-corrected chi connectivity index (χ0v) is 13.5. The van der Waals surface area contributed by atoms with Crippen LogP contribution in [-0.2, 0) is 4.74 Å². The first kappa shape index (κ1) is 17.1. The molecule has 0 aliphatic heterocycles. The smallest absolute Gasteiger partial charge is 0.412 e. The van der Waals surface area contributed by atoms with Crippen molar-refractivity contribution in [2.75, 3.05) is 19.0 Å². The second-order valence-corrected chi connectivity index (χ2v) is 5.69. The van der Waals surface area contributed by atoms with Gasteiger partial charge in [0.25, 0.3) is 0 Å². The molecule has 5 nitrogen and oxygen atoms in total. The molecule has 1 aromatic carbocycles. The lowest BCUT2D eigenvalue weighted by atomic mass is 10.2. The Morgan fingerprint density at radius 3 is 2.57 bits per heavy atom. The van der Waals surface area contributed by atoms with E-state index in [1.807, 2.05) is 20.8 Å². The first-order valence-electron chi connectivity index (χ1n) is 7.16. The molecule has 1 rings (SSSR count). The minimum atomic E-state index is -0.542. The standard InChI is InChI=1S/C16H25NO4/c1-6-7-10-20-14-11-12(19-5)8-9-13(14)17-15(18)21-16(2,3)4/h8-9,11H,6-7,10H2,1-5H3,(H,17,18). The van der Waals surface area contributed by atoms with Crippen LogP contribution in [0.5, 0.6) is 11.5 Å². The van der Waals surface area contributed by atoms with Gasteiger partial charge in [0.15, 0.2) is 0 Å². The Morgan fingerprint density at radius 1 is 1.29 bits per heavy atom. The number of methoxy groups -OCH3 is 1. The Hall–Kier alpha value is -1.91. The molecule has 0 spiro atoms. The lowest BCUT2D eigenvalue weighted by molar-refractivity contribution is 0.0635. The third kappa shape index (κ3) is 6.38. The van der Waals surface area contributed by atoms with Crippen molar-refractivity contribution in [3.05, 3.63) is 18.2 Å². The fraction of sp³-hybridized carbons (Fsp3) is 0.562. The fourth-order valence-corrected chi connectivity index (χ4v) is 1.59. The van der Waals surface area contributed by atoms with Gasteiger partial charge in [-0.2, -0.15) is 0 Å². The highest BCUT2D eigenvalue weighted by atomic mass is 16.6. The summed E-state index contributed by atoms with van der Waals surface area (Å²) in [6.45, 7) is 8.14. The van der Waals surface area contributed by atoms with Gasteiger partial charge in [0.05, 0.1) is 19.4 Å². The van der Waals surface area contributed by atoms with Crippen molar-refractivity contribution in [2.24, 2.45) is 0 Å². The summed E-state index contributed by atoms with van der Waals surface area (Å²) in [5.74, 6) is 1.25. The molecular weight excluding hydrogens is 270 g/mol. The number of hydrogen-bond donors (Lipinski definition) is 1. The van der Waals surface area contributed by atoms with Gasteiger partial charge in [0.1, 0.15) is 17.1 Å². The fourth-order valence-electron chi connectivity index (χ4n) is 1.59. The molecule has 0 fully saturated rings. The van der Waals surface area contributed by atoms with Gasteiger partial charge in [0, 0.05) is 6.07 Å². The van der Waals surface area contributed by atoms with Crippen LogP contribution in [0.3, 0.4) is 0 Å². The number of carbonyl (C=O) groups is 1. The number of ether oxygens (including phenoxy) is 3. The van der Waals surface area contributed by atoms with Crippen LogP contribution in [0.1, 0.15) is 40.5 Å². The van der Waals surface area contributed by atoms with E-state index in [4.69, 9.17) is 14.2 Å². The van der Waals surface area contributed by atoms with Crippen LogP contribution in [0.25, 0.3) is 0 Å². The van der Waals surface area contributed by atoms with Gasteiger partial charge in [-0.05, 0) is 39.3 Å². The Labute approximate surface area is 126 Å². The SMILES string of the molecule is CCCCOc1cc(OC)ccc1NC(=O)OC(C)(C)C. The van der Waals surface area contributed by atoms with Gasteiger partial charge >= 0.3 is 6.09 Å². The van der Waals surface area contributed by atoms with Crippen molar-refractivity contribution in [3.8, 4) is 11.5 Å². The summed E-state index contributed by atoms with van der Waals surface area (Å²) in [7, 11) is 1.59. The molecular formula is C16H25NO4. The molecule has 1 aromatic rings. The summed E-state index contributed by atoms with van der Waals surface area (Å²) in [6.07, 6.45) is 1.48. The molecule has 1 N–H and O–H groups in total. The van der Waals surface area contributed by atoms with Crippen LogP contribution in [0.15, 0.2) is 18.2 Å². The molecule has 0 radical (unpaired) electrons. The first-order valence-corrected chi connectivity index (χ1v) is 7.16. The van der Waals surface area contributed by atoms with Crippen LogP contribution < -0.4 is 14.8 Å². The summed E-state index contributed by atoms with van der Waals surface area (Å²) >= 11 is 0. The molecule has 118 valence electrons. The topological polar surface area (TPSA) is 56.8 Å². The molecule has 0 aliphatic carbocycles. The summed E-state index contributed by atoms with van der Waals surface area (Å²) in [5.41, 5.74) is 0.0286. The van der Waals surface area contributed by atoms with Crippen molar-refractivity contribution < 1.29 is 19.0 Å². The summed E-state index contributed by atoms with van der Waals surface area (Å²) < 4.78 is 16.1. The largest absolute Gasteiger partial charge is 0.497 e. The van der Waals surface area contributed by atoms with E-state index in [-0.39, 0.29) is 0 Å². The molecule has 0 heterocycles. The maximum Gasteiger partial charge on any atom is 0.412 e. The molecule has 0 aromatic heterocycles. The second-order valence-electron chi connectivity index (χ2n) is 5.69. The molecule has 0 aliphatic rings. The number of rotatable bonds is 6. The van der Waals surface area contributed by atoms with Crippen molar-refractivity contribution in [1.29, 1.82) is 0 Å². The molecule has 0 unspecified atom stereocenters. The second kappa shape index (κ2) is 7.76. The normalized spacial score (nSPS) is 10.9. The van der Waals surface area contributed by atoms with E-state index in [0.29, 0.717) is 23.8 Å². The van der Waals surface area contributed by atoms with Crippen LogP contribution >= 0.6 is 0 Å². The molecule has 0 atom stereocenters. The van der Waals surface area contributed by atoms with E-state index in [0.717, 1.165) is 12.8 Å². The van der Waals surface area contributed by atoms with E-state index in [2.05, 4.69) is 12.2 Å². The third-order valence-corrected chi connectivity index (χ3v) is 2.58. The zero-order valence-electron chi connectivity index (χ0n) is 13.5. The van der Waals surface area contributed by atoms with Crippen LogP contribution in [0.2, 0.25) is 0 Å². The molecule has 0 saturated carbocycles. The zero-order chi connectivity index (χ0) is 15.9. The van der Waals surface area contributed by atoms with Crippen LogP contribution in [0, 0.1) is 0 Å². The lowest BCUT2D eigenvalue weighted by Gasteiger charge is -2.20. The van der Waals surface area contributed by atoms with Crippen molar-refractivity contribution in [1.82, 2.24) is 0 Å². The van der Waals surface area contributed by atoms with Crippen molar-refractivity contribution >= 4 is 11.8 Å². The summed E-state index contributed by atoms with van der Waals surface area (Å²) in [5, 5.41) is 2.70. The number of benzene rings is 1. The van der Waals surface area contributed by atoms with Crippen LogP contribution in [-0.4, -0.2) is 25.4 Å². The molecule has 0 saturated heterocycles. The molecule has 0 bridgehead atoms. The van der Waals surface area contributed by atoms with E-state index >= 15 is 0 Å². The quantitative estimate of drug-likeness (QED) is 0.798. The predicted molar refractivity (Wildman–Crippen MR) is 83.3 cm³/mol. The van der Waals surface area contributed by atoms with E-state index < -0.39 is 11.7 Å². The highest BCUT2D eigenvalue weighted by molar-refractivity contribution is 5.87. The van der Waals surface area contributed by atoms with Gasteiger partial charge in [-0.3, -0.25) is 5.32 Å². The highest BCUT2D eigenvalue weighted by Gasteiger charge is 2.17. The van der Waals surface area contributed by atoms with Crippen LogP contribution in [0.4, 0.5) is 10.5 Å². The van der Waals surface area contributed by atoms with E-state index in [1.165, 1.54) is 0 Å². The first-order chi connectivity index (χ1) is 9.85. The molecule has 21 heavy (non-hydrogen) atoms. The third-order valence-electron chi connectivity index (χ3n) is 2.58. The number of carbonyl (C=O) groups excluding carboxylic acids is 1. The van der Waals surface area contributed by atoms with Gasteiger partial charge in [-0.15, -0.1) is 0 Å². The van der Waals surface area contributed by atoms with Gasteiger partial charge in [0.2, 0.25) is 0 Å². The Morgan fingerprint density at radius 2 is 2.00 bits per heavy atom. The number of hydrogen-bond acceptors (Lipinski definition) is 4. The van der Waals surface area contributed by atoms with E-state index in [9.17, 15) is 4.79 Å². The van der Waals surface area contributed by atoms with Crippen molar-refractivity contribution in [3.63, 3.8) is 0 Å². The summed E-state index contributed by atoms with van der Waals surface area (Å²) in [6, 6.07) is 5.26. The average molecular weight is 295 g/mol. The number of nitrogens with one attached hydrogen (secondary N) is 1. The van der Waals surface area contributed by atoms with Gasteiger partial charge in [-0.1, -0.05) is 13.3 Å². The molecule has 1 amide bonds. The monoisotopic (exact) mass is 295 g/mol. The minimum Gasteiger partial charge on any atom is -0.497 e. The van der Waals surface area contributed by atoms with Crippen molar-refractivity contribution in [2.45, 2.75) is 46.1 Å². The minimum absolute atomic E-state index is 0.506. The Kier molecular flexibility index (Phi) is 6.34. The number of amides is 1. The van der Waals surface area contributed by atoms with Gasteiger partial charge in [-0.25, -0.2) is 4.79 Å². The maximum atomic E-state index is 11.8. The predicted octanol–water partition coefficient (Wildman–Crippen LogP) is 4.22.